The van der Waals surface area contributed by atoms with Crippen molar-refractivity contribution in [2.45, 2.75) is 30.6 Å². The van der Waals surface area contributed by atoms with Gasteiger partial charge in [0, 0.05) is 11.8 Å². The fraction of sp³-hybridized carbons (Fsp3) is 0.208. The van der Waals surface area contributed by atoms with E-state index in [0.717, 1.165) is 0 Å². The Bertz CT molecular complexity index is 1170. The zero-order valence-electron chi connectivity index (χ0n) is 16.2. The Kier molecular flexibility index (Phi) is 3.87. The molecule has 1 unspecified atom stereocenters. The van der Waals surface area contributed by atoms with Crippen LogP contribution in [0, 0.1) is 0 Å². The first-order chi connectivity index (χ1) is 12.9. The summed E-state index contributed by atoms with van der Waals surface area (Å²) < 4.78 is 0.678. The van der Waals surface area contributed by atoms with E-state index in [1.165, 1.54) is 44.3 Å². The van der Waals surface area contributed by atoms with Crippen LogP contribution in [0.25, 0.3) is 16.8 Å². The van der Waals surface area contributed by atoms with Gasteiger partial charge in [0.05, 0.1) is 5.71 Å². The van der Waals surface area contributed by atoms with E-state index in [1.807, 2.05) is 6.20 Å². The molecule has 7 rings (SSSR count). The molecule has 2 aromatic carbocycles. The molecular weight excluding hydrogens is 422 g/mol. The van der Waals surface area contributed by atoms with Crippen molar-refractivity contribution >= 4 is 30.6 Å². The molecule has 0 spiro atoms. The molecule has 3 heterocycles. The second-order valence-electron chi connectivity index (χ2n) is 8.32. The number of fused-ring (bicyclic) bond motifs is 3. The number of hydrogen-bond acceptors (Lipinski definition) is 1. The fourth-order valence-corrected chi connectivity index (χ4v) is 9.83. The van der Waals surface area contributed by atoms with Gasteiger partial charge in [0.1, 0.15) is 8.07 Å². The maximum absolute atomic E-state index is 4.42. The van der Waals surface area contributed by atoms with Gasteiger partial charge in [-0.25, -0.2) is 0 Å². The van der Waals surface area contributed by atoms with E-state index < -0.39 is 8.07 Å². The van der Waals surface area contributed by atoms with Gasteiger partial charge in [-0.15, -0.1) is 0 Å². The summed E-state index contributed by atoms with van der Waals surface area (Å²) in [7, 11) is -1.13. The Morgan fingerprint density at radius 3 is 2.52 bits per heavy atom. The first kappa shape index (κ1) is 17.5. The molecule has 1 atom stereocenters. The van der Waals surface area contributed by atoms with Gasteiger partial charge in [-0.3, -0.25) is 4.99 Å². The topological polar surface area (TPSA) is 12.4 Å². The van der Waals surface area contributed by atoms with E-state index in [2.05, 4.69) is 80.5 Å². The van der Waals surface area contributed by atoms with E-state index in [4.69, 9.17) is 0 Å². The molecule has 0 aromatic heterocycles. The van der Waals surface area contributed by atoms with Crippen molar-refractivity contribution in [3.8, 4) is 0 Å². The minimum atomic E-state index is -1.13. The first-order valence-corrected chi connectivity index (χ1v) is 14.0. The van der Waals surface area contributed by atoms with Crippen LogP contribution in [0.3, 0.4) is 0 Å². The number of benzene rings is 2. The Hall–Kier alpha value is -1.57. The Balaban J connectivity index is 0.000000121. The maximum atomic E-state index is 4.42. The monoisotopic (exact) mass is 442 g/mol. The first-order valence-electron chi connectivity index (χ1n) is 9.54. The Labute approximate surface area is 177 Å². The predicted octanol–water partition coefficient (Wildman–Crippen LogP) is 6.23. The molecule has 0 radical (unpaired) electrons. The van der Waals surface area contributed by atoms with Crippen molar-refractivity contribution in [3.05, 3.63) is 86.9 Å². The predicted molar refractivity (Wildman–Crippen MR) is 114 cm³/mol. The summed E-state index contributed by atoms with van der Waals surface area (Å²) in [5.74, 6) is 0. The number of aliphatic imine (C=N–C) groups is 1. The minimum absolute atomic E-state index is 0.678. The van der Waals surface area contributed by atoms with Gasteiger partial charge in [0.15, 0.2) is 0 Å². The standard InChI is InChI=1S/C14H11.C10H11NSi.Zr/c1-10-8-12-7-6-11-4-2-3-5-13(11)14(12)9-10;1-6-9-7-4-5-11-8(7)10(6)12(9,2)3;/h2-9H,1H3;4-5H,1-3H3;. The van der Waals surface area contributed by atoms with Crippen molar-refractivity contribution in [2.75, 3.05) is 0 Å². The second kappa shape index (κ2) is 5.96. The number of rotatable bonds is 0. The van der Waals surface area contributed by atoms with Gasteiger partial charge in [0.2, 0.25) is 0 Å². The Morgan fingerprint density at radius 2 is 1.78 bits per heavy atom. The van der Waals surface area contributed by atoms with E-state index in [0.29, 0.717) is 3.63 Å². The van der Waals surface area contributed by atoms with Crippen molar-refractivity contribution < 1.29 is 24.7 Å². The molecule has 0 fully saturated rings. The zero-order chi connectivity index (χ0) is 18.9. The van der Waals surface area contributed by atoms with Gasteiger partial charge < -0.3 is 0 Å². The molecule has 0 saturated heterocycles. The van der Waals surface area contributed by atoms with E-state index in [-0.39, 0.29) is 0 Å². The van der Waals surface area contributed by atoms with Crippen LogP contribution >= 0.6 is 0 Å². The van der Waals surface area contributed by atoms with E-state index in [1.54, 1.807) is 35.1 Å². The van der Waals surface area contributed by atoms with E-state index >= 15 is 0 Å². The molecule has 2 aliphatic carbocycles. The molecule has 2 bridgehead atoms. The van der Waals surface area contributed by atoms with Gasteiger partial charge in [-0.2, -0.15) is 0 Å². The molecule has 27 heavy (non-hydrogen) atoms. The van der Waals surface area contributed by atoms with Gasteiger partial charge >= 0.3 is 105 Å². The molecule has 5 aliphatic rings. The van der Waals surface area contributed by atoms with Crippen LogP contribution in [-0.2, 0) is 24.7 Å². The summed E-state index contributed by atoms with van der Waals surface area (Å²) in [6.07, 6.45) is 6.46. The SMILES string of the molecule is CC1=C2C3=NC=CC3=C1[Si]2(C)C.CC1=Cc2c(ccc3ccccc23)[CH]1[Zr]. The van der Waals surface area contributed by atoms with Crippen molar-refractivity contribution in [1.82, 2.24) is 0 Å². The molecule has 1 nitrogen and oxygen atoms in total. The fourth-order valence-electron chi connectivity index (χ4n) is 5.15. The average molecular weight is 444 g/mol. The summed E-state index contributed by atoms with van der Waals surface area (Å²) in [4.78, 5) is 4.42. The number of nitrogens with zero attached hydrogens (tertiary/aromatic N) is 1. The summed E-state index contributed by atoms with van der Waals surface area (Å²) in [6, 6.07) is 13.2. The van der Waals surface area contributed by atoms with Crippen LogP contribution in [-0.4, -0.2) is 13.8 Å². The third-order valence-corrected chi connectivity index (χ3v) is 12.0. The van der Waals surface area contributed by atoms with E-state index in [9.17, 15) is 0 Å². The van der Waals surface area contributed by atoms with Crippen molar-refractivity contribution in [3.63, 3.8) is 0 Å². The molecule has 3 aliphatic heterocycles. The van der Waals surface area contributed by atoms with Gasteiger partial charge in [0.25, 0.3) is 0 Å². The van der Waals surface area contributed by atoms with Crippen LogP contribution in [0.2, 0.25) is 13.1 Å². The Morgan fingerprint density at radius 1 is 1.00 bits per heavy atom. The van der Waals surface area contributed by atoms with Gasteiger partial charge in [-0.1, -0.05) is 13.1 Å². The van der Waals surface area contributed by atoms with Crippen LogP contribution < -0.4 is 0 Å². The molecule has 131 valence electrons. The number of allylic oxidation sites excluding steroid dienone is 6. The third-order valence-electron chi connectivity index (χ3n) is 6.35. The van der Waals surface area contributed by atoms with Crippen molar-refractivity contribution in [1.29, 1.82) is 0 Å². The van der Waals surface area contributed by atoms with Crippen LogP contribution in [0.5, 0.6) is 0 Å². The summed E-state index contributed by atoms with van der Waals surface area (Å²) in [5.41, 5.74) is 8.76. The van der Waals surface area contributed by atoms with Crippen molar-refractivity contribution in [2.24, 2.45) is 4.99 Å². The average Bonchev–Trinajstić information content (AvgIpc) is 3.33. The van der Waals surface area contributed by atoms with Crippen LogP contribution in [0.1, 0.15) is 28.6 Å². The normalized spacial score (nSPS) is 22.9. The third kappa shape index (κ3) is 2.34. The van der Waals surface area contributed by atoms with Gasteiger partial charge in [-0.05, 0) is 29.0 Å². The summed E-state index contributed by atoms with van der Waals surface area (Å²) in [5, 5.41) is 6.02. The van der Waals surface area contributed by atoms with Crippen LogP contribution in [0.4, 0.5) is 0 Å². The molecule has 3 heteroatoms. The summed E-state index contributed by atoms with van der Waals surface area (Å²) >= 11 is 1.60. The summed E-state index contributed by atoms with van der Waals surface area (Å²) in [6.45, 7) is 9.33. The molecule has 0 saturated carbocycles. The molecular formula is C24H22NSiZr. The number of hydrogen-bond donors (Lipinski definition) is 0. The second-order valence-corrected chi connectivity index (χ2v) is 14.0. The molecule has 0 amide bonds. The quantitative estimate of drug-likeness (QED) is 0.428. The zero-order valence-corrected chi connectivity index (χ0v) is 19.7. The van der Waals surface area contributed by atoms with Crippen LogP contribution in [0.15, 0.2) is 80.8 Å². The molecule has 2 aromatic rings. The molecule has 0 N–H and O–H groups in total.